The van der Waals surface area contributed by atoms with Crippen molar-refractivity contribution in [2.75, 3.05) is 7.11 Å². The Bertz CT molecular complexity index is 695. The van der Waals surface area contributed by atoms with Gasteiger partial charge >= 0.3 is 12.0 Å². The van der Waals surface area contributed by atoms with Crippen LogP contribution in [-0.4, -0.2) is 37.2 Å². The average Bonchev–Trinajstić information content (AvgIpc) is 2.67. The van der Waals surface area contributed by atoms with Crippen molar-refractivity contribution in [3.8, 4) is 5.75 Å². The number of rotatable bonds is 6. The Morgan fingerprint density at radius 1 is 1.15 bits per heavy atom. The topological polar surface area (TPSA) is 93.7 Å². The summed E-state index contributed by atoms with van der Waals surface area (Å²) in [7, 11) is 1.54. The van der Waals surface area contributed by atoms with E-state index in [9.17, 15) is 14.4 Å². The molecular formula is C20H26N2O5. The SMILES string of the molecule is COc1ccccc1/C=C/C(=O)O[C@H](C)C(=O)NC(=O)NC1CCCCC1. The third-order valence-corrected chi connectivity index (χ3v) is 4.38. The van der Waals surface area contributed by atoms with Crippen molar-refractivity contribution >= 4 is 24.0 Å². The second-order valence-electron chi connectivity index (χ2n) is 6.45. The second-order valence-corrected chi connectivity index (χ2v) is 6.45. The maximum Gasteiger partial charge on any atom is 0.331 e. The van der Waals surface area contributed by atoms with Crippen LogP contribution in [0.2, 0.25) is 0 Å². The van der Waals surface area contributed by atoms with Gasteiger partial charge in [-0.05, 0) is 31.9 Å². The van der Waals surface area contributed by atoms with Crippen LogP contribution >= 0.6 is 0 Å². The van der Waals surface area contributed by atoms with Gasteiger partial charge in [-0.2, -0.15) is 0 Å². The van der Waals surface area contributed by atoms with Crippen molar-refractivity contribution in [1.82, 2.24) is 10.6 Å². The quantitative estimate of drug-likeness (QED) is 0.590. The van der Waals surface area contributed by atoms with E-state index in [4.69, 9.17) is 9.47 Å². The van der Waals surface area contributed by atoms with Crippen LogP contribution in [0.1, 0.15) is 44.6 Å². The van der Waals surface area contributed by atoms with E-state index in [2.05, 4.69) is 10.6 Å². The standard InChI is InChI=1S/C20H26N2O5/c1-14(19(24)22-20(25)21-16-9-4-3-5-10-16)27-18(23)13-12-15-8-6-7-11-17(15)26-2/h6-8,11-14,16H,3-5,9-10H2,1-2H3,(H2,21,22,24,25)/b13-12+/t14-/m1/s1. The fraction of sp³-hybridized carbons (Fsp3) is 0.450. The Morgan fingerprint density at radius 3 is 2.56 bits per heavy atom. The molecule has 1 aliphatic rings. The molecule has 0 aliphatic heterocycles. The molecule has 0 spiro atoms. The van der Waals surface area contributed by atoms with Crippen LogP contribution in [0.25, 0.3) is 6.08 Å². The van der Waals surface area contributed by atoms with Gasteiger partial charge in [-0.1, -0.05) is 37.5 Å². The van der Waals surface area contributed by atoms with Gasteiger partial charge < -0.3 is 14.8 Å². The number of amides is 3. The van der Waals surface area contributed by atoms with Gasteiger partial charge in [-0.15, -0.1) is 0 Å². The summed E-state index contributed by atoms with van der Waals surface area (Å²) in [6, 6.07) is 6.72. The molecule has 7 heteroatoms. The molecule has 27 heavy (non-hydrogen) atoms. The Hall–Kier alpha value is -2.83. The summed E-state index contributed by atoms with van der Waals surface area (Å²) < 4.78 is 10.2. The van der Waals surface area contributed by atoms with Gasteiger partial charge in [0, 0.05) is 17.7 Å². The Labute approximate surface area is 159 Å². The lowest BCUT2D eigenvalue weighted by molar-refractivity contribution is -0.149. The highest BCUT2D eigenvalue weighted by molar-refractivity contribution is 5.98. The first-order valence-electron chi connectivity index (χ1n) is 9.12. The molecule has 0 radical (unpaired) electrons. The molecule has 2 rings (SSSR count). The third kappa shape index (κ3) is 6.77. The van der Waals surface area contributed by atoms with Crippen LogP contribution < -0.4 is 15.4 Å². The number of ether oxygens (including phenoxy) is 2. The molecule has 0 heterocycles. The number of urea groups is 1. The molecule has 146 valence electrons. The van der Waals surface area contributed by atoms with Crippen LogP contribution in [0.3, 0.4) is 0 Å². The predicted molar refractivity (Wildman–Crippen MR) is 101 cm³/mol. The number of imide groups is 1. The van der Waals surface area contributed by atoms with Gasteiger partial charge in [0.1, 0.15) is 5.75 Å². The highest BCUT2D eigenvalue weighted by Gasteiger charge is 2.21. The molecule has 1 aliphatic carbocycles. The molecule has 0 unspecified atom stereocenters. The maximum atomic E-state index is 12.0. The van der Waals surface area contributed by atoms with Gasteiger partial charge in [-0.3, -0.25) is 10.1 Å². The Balaban J connectivity index is 1.79. The smallest absolute Gasteiger partial charge is 0.331 e. The number of para-hydroxylation sites is 1. The fourth-order valence-electron chi connectivity index (χ4n) is 2.91. The lowest BCUT2D eigenvalue weighted by atomic mass is 9.96. The molecule has 1 aromatic rings. The minimum atomic E-state index is -1.09. The van der Waals surface area contributed by atoms with Crippen molar-refractivity contribution in [2.45, 2.75) is 51.2 Å². The van der Waals surface area contributed by atoms with E-state index in [1.165, 1.54) is 26.5 Å². The lowest BCUT2D eigenvalue weighted by Crippen LogP contribution is -2.48. The molecular weight excluding hydrogens is 348 g/mol. The molecule has 1 atom stereocenters. The summed E-state index contributed by atoms with van der Waals surface area (Å²) in [6.45, 7) is 1.41. The first-order chi connectivity index (χ1) is 13.0. The fourth-order valence-corrected chi connectivity index (χ4v) is 2.91. The highest BCUT2D eigenvalue weighted by Crippen LogP contribution is 2.19. The molecule has 0 bridgehead atoms. The average molecular weight is 374 g/mol. The minimum Gasteiger partial charge on any atom is -0.496 e. The van der Waals surface area contributed by atoms with Gasteiger partial charge in [0.25, 0.3) is 5.91 Å². The Kier molecular flexibility index (Phi) is 7.85. The molecule has 1 aromatic carbocycles. The van der Waals surface area contributed by atoms with E-state index >= 15 is 0 Å². The van der Waals surface area contributed by atoms with Crippen molar-refractivity contribution in [2.24, 2.45) is 0 Å². The third-order valence-electron chi connectivity index (χ3n) is 4.38. The molecule has 2 N–H and O–H groups in total. The van der Waals surface area contributed by atoms with E-state index in [0.717, 1.165) is 25.7 Å². The Morgan fingerprint density at radius 2 is 1.85 bits per heavy atom. The van der Waals surface area contributed by atoms with Crippen LogP contribution in [0.15, 0.2) is 30.3 Å². The van der Waals surface area contributed by atoms with E-state index in [1.807, 2.05) is 12.1 Å². The molecule has 0 saturated heterocycles. The number of hydrogen-bond acceptors (Lipinski definition) is 5. The van der Waals surface area contributed by atoms with E-state index in [-0.39, 0.29) is 6.04 Å². The van der Waals surface area contributed by atoms with E-state index in [1.54, 1.807) is 18.2 Å². The number of hydrogen-bond donors (Lipinski definition) is 2. The zero-order valence-electron chi connectivity index (χ0n) is 15.7. The van der Waals surface area contributed by atoms with Crippen molar-refractivity contribution in [1.29, 1.82) is 0 Å². The van der Waals surface area contributed by atoms with Crippen LogP contribution in [-0.2, 0) is 14.3 Å². The highest BCUT2D eigenvalue weighted by atomic mass is 16.5. The summed E-state index contributed by atoms with van der Waals surface area (Å²) in [4.78, 5) is 35.8. The largest absolute Gasteiger partial charge is 0.496 e. The molecule has 1 saturated carbocycles. The molecule has 1 fully saturated rings. The van der Waals surface area contributed by atoms with Crippen LogP contribution in [0.4, 0.5) is 4.79 Å². The van der Waals surface area contributed by atoms with Gasteiger partial charge in [0.2, 0.25) is 0 Å². The van der Waals surface area contributed by atoms with E-state index < -0.39 is 24.0 Å². The summed E-state index contributed by atoms with van der Waals surface area (Å²) >= 11 is 0. The van der Waals surface area contributed by atoms with Crippen molar-refractivity contribution in [3.63, 3.8) is 0 Å². The minimum absolute atomic E-state index is 0.0909. The zero-order valence-corrected chi connectivity index (χ0v) is 15.7. The summed E-state index contributed by atoms with van der Waals surface area (Å²) in [5, 5.41) is 4.99. The number of benzene rings is 1. The van der Waals surface area contributed by atoms with E-state index in [0.29, 0.717) is 11.3 Å². The summed E-state index contributed by atoms with van der Waals surface area (Å²) in [6.07, 6.45) is 6.83. The van der Waals surface area contributed by atoms with Crippen molar-refractivity contribution < 1.29 is 23.9 Å². The molecule has 0 aromatic heterocycles. The number of carbonyl (C=O) groups is 3. The second kappa shape index (κ2) is 10.4. The lowest BCUT2D eigenvalue weighted by Gasteiger charge is -2.23. The van der Waals surface area contributed by atoms with Gasteiger partial charge in [-0.25, -0.2) is 9.59 Å². The first-order valence-corrected chi connectivity index (χ1v) is 9.12. The molecule has 7 nitrogen and oxygen atoms in total. The van der Waals surface area contributed by atoms with Crippen molar-refractivity contribution in [3.05, 3.63) is 35.9 Å². The van der Waals surface area contributed by atoms with Crippen LogP contribution in [0, 0.1) is 0 Å². The molecule has 3 amide bonds. The summed E-state index contributed by atoms with van der Waals surface area (Å²) in [5.74, 6) is -0.731. The number of carbonyl (C=O) groups excluding carboxylic acids is 3. The van der Waals surface area contributed by atoms with Gasteiger partial charge in [0.05, 0.1) is 7.11 Å². The van der Waals surface area contributed by atoms with Gasteiger partial charge in [0.15, 0.2) is 6.10 Å². The number of nitrogens with one attached hydrogen (secondary N) is 2. The summed E-state index contributed by atoms with van der Waals surface area (Å²) in [5.41, 5.74) is 0.709. The predicted octanol–water partition coefficient (Wildman–Crippen LogP) is 2.80. The number of methoxy groups -OCH3 is 1. The zero-order chi connectivity index (χ0) is 19.6. The maximum absolute atomic E-state index is 12.0. The normalized spacial score (nSPS) is 15.8. The van der Waals surface area contributed by atoms with Crippen LogP contribution in [0.5, 0.6) is 5.75 Å². The monoisotopic (exact) mass is 374 g/mol. The first kappa shape index (κ1) is 20.5. The number of esters is 1.